The van der Waals surface area contributed by atoms with E-state index < -0.39 is 30.0 Å². The van der Waals surface area contributed by atoms with Gasteiger partial charge in [0.2, 0.25) is 5.91 Å². The van der Waals surface area contributed by atoms with Gasteiger partial charge in [0.15, 0.2) is 0 Å². The first kappa shape index (κ1) is 23.4. The number of carbonyl (C=O) groups is 3. The Bertz CT molecular complexity index is 962. The van der Waals surface area contributed by atoms with Crippen LogP contribution in [0.4, 0.5) is 23.9 Å². The molecule has 0 aliphatic carbocycles. The monoisotopic (exact) mass is 441 g/mol. The summed E-state index contributed by atoms with van der Waals surface area (Å²) in [7, 11) is 0. The average Bonchev–Trinajstić information content (AvgIpc) is 2.98. The molecular formula is C20H22F3N3O3S. The van der Waals surface area contributed by atoms with Gasteiger partial charge < -0.3 is 16.0 Å². The Hall–Kier alpha value is -2.88. The molecule has 3 N–H and O–H groups in total. The molecule has 2 rings (SSSR count). The number of rotatable bonds is 5. The zero-order valence-electron chi connectivity index (χ0n) is 16.9. The predicted molar refractivity (Wildman–Crippen MR) is 110 cm³/mol. The summed E-state index contributed by atoms with van der Waals surface area (Å²) in [5.41, 5.74) is 0.305. The van der Waals surface area contributed by atoms with Gasteiger partial charge in [0, 0.05) is 16.7 Å². The Morgan fingerprint density at radius 3 is 2.27 bits per heavy atom. The van der Waals surface area contributed by atoms with Gasteiger partial charge in [0.25, 0.3) is 11.8 Å². The van der Waals surface area contributed by atoms with E-state index in [-0.39, 0.29) is 17.2 Å². The number of anilines is 2. The number of thiophene rings is 1. The summed E-state index contributed by atoms with van der Waals surface area (Å²) in [5, 5.41) is 7.69. The van der Waals surface area contributed by atoms with Crippen LogP contribution in [0, 0.1) is 12.3 Å². The second-order valence-corrected chi connectivity index (χ2v) is 8.71. The van der Waals surface area contributed by atoms with Gasteiger partial charge in [-0.3, -0.25) is 14.4 Å². The Kier molecular flexibility index (Phi) is 6.91. The predicted octanol–water partition coefficient (Wildman–Crippen LogP) is 4.59. The van der Waals surface area contributed by atoms with E-state index in [4.69, 9.17) is 0 Å². The van der Waals surface area contributed by atoms with Crippen molar-refractivity contribution in [3.63, 3.8) is 0 Å². The maximum absolute atomic E-state index is 12.6. The van der Waals surface area contributed by atoms with Crippen LogP contribution in [0.5, 0.6) is 0 Å². The fourth-order valence-electron chi connectivity index (χ4n) is 2.28. The minimum Gasteiger partial charge on any atom is -0.343 e. The van der Waals surface area contributed by atoms with Crippen molar-refractivity contribution < 1.29 is 27.6 Å². The molecule has 30 heavy (non-hydrogen) atoms. The van der Waals surface area contributed by atoms with Gasteiger partial charge in [-0.15, -0.1) is 11.3 Å². The van der Waals surface area contributed by atoms with Gasteiger partial charge in [0.1, 0.15) is 6.54 Å². The van der Waals surface area contributed by atoms with Crippen LogP contribution >= 0.6 is 11.3 Å². The number of hydrogen-bond acceptors (Lipinski definition) is 4. The topological polar surface area (TPSA) is 87.3 Å². The van der Waals surface area contributed by atoms with Crippen molar-refractivity contribution in [1.82, 2.24) is 5.32 Å². The first-order valence-electron chi connectivity index (χ1n) is 8.94. The van der Waals surface area contributed by atoms with Gasteiger partial charge in [-0.1, -0.05) is 26.8 Å². The highest BCUT2D eigenvalue weighted by molar-refractivity contribution is 7.18. The molecule has 0 saturated carbocycles. The van der Waals surface area contributed by atoms with Gasteiger partial charge in [-0.2, -0.15) is 13.2 Å². The molecule has 0 bridgehead atoms. The Morgan fingerprint density at radius 1 is 1.00 bits per heavy atom. The fourth-order valence-corrected chi connectivity index (χ4v) is 3.24. The number of hydrogen-bond donors (Lipinski definition) is 3. The summed E-state index contributed by atoms with van der Waals surface area (Å²) in [6, 6.07) is 7.29. The molecular weight excluding hydrogens is 419 g/mol. The summed E-state index contributed by atoms with van der Waals surface area (Å²) in [5.74, 6) is -1.54. The molecule has 1 aromatic heterocycles. The molecule has 10 heteroatoms. The van der Waals surface area contributed by atoms with E-state index in [1.807, 2.05) is 0 Å². The minimum absolute atomic E-state index is 0.0157. The minimum atomic E-state index is -4.52. The highest BCUT2D eigenvalue weighted by Crippen LogP contribution is 2.29. The summed E-state index contributed by atoms with van der Waals surface area (Å²) < 4.78 is 36.8. The van der Waals surface area contributed by atoms with E-state index in [0.717, 1.165) is 11.3 Å². The SMILES string of the molecule is Cc1cc(NC(=O)C(C)(C)C)sc1C(=O)Nc1cccc(C(=O)NCC(F)(F)F)c1. The number of aryl methyl sites for hydroxylation is 1. The van der Waals surface area contributed by atoms with Crippen molar-refractivity contribution in [3.8, 4) is 0 Å². The van der Waals surface area contributed by atoms with E-state index in [0.29, 0.717) is 15.4 Å². The number of nitrogens with one attached hydrogen (secondary N) is 3. The molecule has 6 nitrogen and oxygen atoms in total. The van der Waals surface area contributed by atoms with Gasteiger partial charge >= 0.3 is 6.18 Å². The Balaban J connectivity index is 2.10. The summed E-state index contributed by atoms with van der Waals surface area (Å²) in [4.78, 5) is 37.0. The lowest BCUT2D eigenvalue weighted by Gasteiger charge is -2.16. The van der Waals surface area contributed by atoms with Gasteiger partial charge in [0.05, 0.1) is 9.88 Å². The lowest BCUT2D eigenvalue weighted by molar-refractivity contribution is -0.123. The van der Waals surface area contributed by atoms with Crippen LogP contribution in [-0.2, 0) is 4.79 Å². The molecule has 3 amide bonds. The van der Waals surface area contributed by atoms with Crippen molar-refractivity contribution in [2.45, 2.75) is 33.9 Å². The highest BCUT2D eigenvalue weighted by Gasteiger charge is 2.28. The zero-order chi connectivity index (χ0) is 22.7. The van der Waals surface area contributed by atoms with Crippen molar-refractivity contribution in [3.05, 3.63) is 46.3 Å². The lowest BCUT2D eigenvalue weighted by atomic mass is 9.96. The van der Waals surface area contributed by atoms with Crippen LogP contribution in [0.3, 0.4) is 0 Å². The van der Waals surface area contributed by atoms with E-state index in [1.54, 1.807) is 39.1 Å². The molecule has 0 aliphatic heterocycles. The molecule has 162 valence electrons. The first-order chi connectivity index (χ1) is 13.8. The van der Waals surface area contributed by atoms with Crippen molar-refractivity contribution in [1.29, 1.82) is 0 Å². The second-order valence-electron chi connectivity index (χ2n) is 7.66. The Morgan fingerprint density at radius 2 is 1.67 bits per heavy atom. The number of alkyl halides is 3. The normalized spacial score (nSPS) is 11.7. The van der Waals surface area contributed by atoms with Crippen LogP contribution in [0.2, 0.25) is 0 Å². The highest BCUT2D eigenvalue weighted by atomic mass is 32.1. The maximum atomic E-state index is 12.6. The third kappa shape index (κ3) is 6.58. The van der Waals surface area contributed by atoms with Crippen LogP contribution < -0.4 is 16.0 Å². The number of benzene rings is 1. The van der Waals surface area contributed by atoms with E-state index in [2.05, 4.69) is 10.6 Å². The molecule has 0 saturated heterocycles. The van der Waals surface area contributed by atoms with Crippen molar-refractivity contribution >= 4 is 39.7 Å². The summed E-state index contributed by atoms with van der Waals surface area (Å²) in [6.45, 7) is 5.59. The molecule has 1 heterocycles. The standard InChI is InChI=1S/C20H22F3N3O3S/c1-11-8-14(26-18(29)19(2,3)4)30-15(11)17(28)25-13-7-5-6-12(9-13)16(27)24-10-20(21,22)23/h5-9H,10H2,1-4H3,(H,24,27)(H,25,28)(H,26,29). The average molecular weight is 441 g/mol. The molecule has 0 radical (unpaired) electrons. The van der Waals surface area contributed by atoms with E-state index in [9.17, 15) is 27.6 Å². The van der Waals surface area contributed by atoms with Crippen LogP contribution in [-0.4, -0.2) is 30.4 Å². The Labute approximate surface area is 175 Å². The molecule has 1 aromatic carbocycles. The molecule has 0 aliphatic rings. The fraction of sp³-hybridized carbons (Fsp3) is 0.350. The van der Waals surface area contributed by atoms with E-state index in [1.165, 1.54) is 24.3 Å². The lowest BCUT2D eigenvalue weighted by Crippen LogP contribution is -2.33. The third-order valence-corrected chi connectivity index (χ3v) is 5.03. The largest absolute Gasteiger partial charge is 0.405 e. The van der Waals surface area contributed by atoms with Gasteiger partial charge in [-0.05, 0) is 36.8 Å². The quantitative estimate of drug-likeness (QED) is 0.635. The molecule has 0 atom stereocenters. The third-order valence-electron chi connectivity index (χ3n) is 3.87. The first-order valence-corrected chi connectivity index (χ1v) is 9.76. The van der Waals surface area contributed by atoms with Crippen LogP contribution in [0.15, 0.2) is 30.3 Å². The summed E-state index contributed by atoms with van der Waals surface area (Å²) in [6.07, 6.45) is -4.52. The number of amides is 3. The van der Waals surface area contributed by atoms with Gasteiger partial charge in [-0.25, -0.2) is 0 Å². The number of carbonyl (C=O) groups excluding carboxylic acids is 3. The smallest absolute Gasteiger partial charge is 0.343 e. The maximum Gasteiger partial charge on any atom is 0.405 e. The molecule has 0 fully saturated rings. The van der Waals surface area contributed by atoms with Crippen LogP contribution in [0.1, 0.15) is 46.4 Å². The molecule has 0 unspecified atom stereocenters. The molecule has 2 aromatic rings. The molecule has 0 spiro atoms. The number of halogens is 3. The summed E-state index contributed by atoms with van der Waals surface area (Å²) >= 11 is 1.10. The van der Waals surface area contributed by atoms with E-state index >= 15 is 0 Å². The zero-order valence-corrected chi connectivity index (χ0v) is 17.7. The second kappa shape index (κ2) is 8.86. The van der Waals surface area contributed by atoms with Crippen molar-refractivity contribution in [2.75, 3.05) is 17.2 Å². The van der Waals surface area contributed by atoms with Crippen molar-refractivity contribution in [2.24, 2.45) is 5.41 Å². The van der Waals surface area contributed by atoms with Crippen LogP contribution in [0.25, 0.3) is 0 Å².